The number of aliphatic hydroxyl groups is 1. The van der Waals surface area contributed by atoms with Gasteiger partial charge in [-0.2, -0.15) is 0 Å². The van der Waals surface area contributed by atoms with Crippen molar-refractivity contribution in [2.24, 2.45) is 5.73 Å². The molecule has 1 aliphatic heterocycles. The second-order valence-electron chi connectivity index (χ2n) is 5.31. The summed E-state index contributed by atoms with van der Waals surface area (Å²) in [5.74, 6) is 0. The highest BCUT2D eigenvalue weighted by Crippen LogP contribution is 2.26. The fourth-order valence-electron chi connectivity index (χ4n) is 2.42. The Bertz CT molecular complexity index is 370. The van der Waals surface area contributed by atoms with Gasteiger partial charge in [-0.3, -0.25) is 0 Å². The minimum atomic E-state index is -0.532. The Morgan fingerprint density at radius 2 is 1.94 bits per heavy atom. The standard InChI is InChI=1S/C14H22N2O/c1-14(15,11-17)10-12-6-2-3-7-13(12)16-8-4-5-9-16/h2-3,6-7,17H,4-5,8-11,15H2,1H3. The minimum Gasteiger partial charge on any atom is -0.394 e. The van der Waals surface area contributed by atoms with Crippen LogP contribution in [0.4, 0.5) is 5.69 Å². The maximum atomic E-state index is 9.27. The molecule has 0 amide bonds. The summed E-state index contributed by atoms with van der Waals surface area (Å²) >= 11 is 0. The van der Waals surface area contributed by atoms with Crippen molar-refractivity contribution in [1.29, 1.82) is 0 Å². The Balaban J connectivity index is 2.21. The van der Waals surface area contributed by atoms with Crippen molar-refractivity contribution in [2.45, 2.75) is 31.7 Å². The van der Waals surface area contributed by atoms with Gasteiger partial charge in [-0.1, -0.05) is 18.2 Å². The van der Waals surface area contributed by atoms with E-state index in [4.69, 9.17) is 5.73 Å². The zero-order valence-electron chi connectivity index (χ0n) is 10.5. The molecule has 1 unspecified atom stereocenters. The second kappa shape index (κ2) is 5.07. The molecule has 1 atom stereocenters. The van der Waals surface area contributed by atoms with Crippen molar-refractivity contribution in [3.05, 3.63) is 29.8 Å². The number of benzene rings is 1. The van der Waals surface area contributed by atoms with Gasteiger partial charge in [-0.25, -0.2) is 0 Å². The van der Waals surface area contributed by atoms with Crippen LogP contribution in [0.25, 0.3) is 0 Å². The molecule has 0 radical (unpaired) electrons. The molecule has 1 aliphatic rings. The summed E-state index contributed by atoms with van der Waals surface area (Å²) in [7, 11) is 0. The van der Waals surface area contributed by atoms with Crippen LogP contribution < -0.4 is 10.6 Å². The molecule has 0 spiro atoms. The van der Waals surface area contributed by atoms with Crippen LogP contribution in [0.5, 0.6) is 0 Å². The first-order valence-electron chi connectivity index (χ1n) is 6.35. The highest BCUT2D eigenvalue weighted by atomic mass is 16.3. The number of hydrogen-bond acceptors (Lipinski definition) is 3. The van der Waals surface area contributed by atoms with Gasteiger partial charge in [-0.15, -0.1) is 0 Å². The zero-order valence-corrected chi connectivity index (χ0v) is 10.5. The lowest BCUT2D eigenvalue weighted by Crippen LogP contribution is -2.42. The predicted molar refractivity (Wildman–Crippen MR) is 71.3 cm³/mol. The lowest BCUT2D eigenvalue weighted by atomic mass is 9.93. The number of aliphatic hydroxyl groups excluding tert-OH is 1. The average Bonchev–Trinajstić information content (AvgIpc) is 2.83. The average molecular weight is 234 g/mol. The molecule has 3 nitrogen and oxygen atoms in total. The van der Waals surface area contributed by atoms with E-state index in [2.05, 4.69) is 23.1 Å². The molecular weight excluding hydrogens is 212 g/mol. The number of hydrogen-bond donors (Lipinski definition) is 2. The van der Waals surface area contributed by atoms with Gasteiger partial charge in [0, 0.05) is 24.3 Å². The van der Waals surface area contributed by atoms with Gasteiger partial charge in [0.05, 0.1) is 6.61 Å². The molecule has 3 N–H and O–H groups in total. The molecule has 1 aromatic rings. The fourth-order valence-corrected chi connectivity index (χ4v) is 2.42. The monoisotopic (exact) mass is 234 g/mol. The molecule has 0 aliphatic carbocycles. The molecule has 1 fully saturated rings. The van der Waals surface area contributed by atoms with E-state index in [-0.39, 0.29) is 6.61 Å². The smallest absolute Gasteiger partial charge is 0.0611 e. The first-order valence-corrected chi connectivity index (χ1v) is 6.35. The van der Waals surface area contributed by atoms with Crippen molar-refractivity contribution in [2.75, 3.05) is 24.6 Å². The molecule has 1 heterocycles. The van der Waals surface area contributed by atoms with E-state index in [0.717, 1.165) is 19.5 Å². The maximum Gasteiger partial charge on any atom is 0.0611 e. The molecule has 1 aromatic carbocycles. The Morgan fingerprint density at radius 1 is 1.29 bits per heavy atom. The van der Waals surface area contributed by atoms with Gasteiger partial charge < -0.3 is 15.7 Å². The summed E-state index contributed by atoms with van der Waals surface area (Å²) in [6.45, 7) is 4.18. The third-order valence-corrected chi connectivity index (χ3v) is 3.39. The van der Waals surface area contributed by atoms with Crippen molar-refractivity contribution in [3.8, 4) is 0 Å². The Hall–Kier alpha value is -1.06. The minimum absolute atomic E-state index is 0.0152. The number of rotatable bonds is 4. The van der Waals surface area contributed by atoms with Gasteiger partial charge in [0.25, 0.3) is 0 Å². The summed E-state index contributed by atoms with van der Waals surface area (Å²) < 4.78 is 0. The maximum absolute atomic E-state index is 9.27. The van der Waals surface area contributed by atoms with Crippen molar-refractivity contribution >= 4 is 5.69 Å². The highest BCUT2D eigenvalue weighted by molar-refractivity contribution is 5.54. The van der Waals surface area contributed by atoms with E-state index in [1.165, 1.54) is 24.1 Å². The van der Waals surface area contributed by atoms with Crippen molar-refractivity contribution < 1.29 is 5.11 Å². The Morgan fingerprint density at radius 3 is 2.59 bits per heavy atom. The van der Waals surface area contributed by atoms with Gasteiger partial charge in [0.1, 0.15) is 0 Å². The van der Waals surface area contributed by atoms with Gasteiger partial charge >= 0.3 is 0 Å². The van der Waals surface area contributed by atoms with Crippen LogP contribution in [0, 0.1) is 0 Å². The van der Waals surface area contributed by atoms with E-state index < -0.39 is 5.54 Å². The largest absolute Gasteiger partial charge is 0.394 e. The van der Waals surface area contributed by atoms with Crippen LogP contribution in [-0.4, -0.2) is 30.3 Å². The highest BCUT2D eigenvalue weighted by Gasteiger charge is 2.22. The molecule has 94 valence electrons. The third kappa shape index (κ3) is 2.99. The zero-order chi connectivity index (χ0) is 12.3. The van der Waals surface area contributed by atoms with Gasteiger partial charge in [0.15, 0.2) is 0 Å². The summed E-state index contributed by atoms with van der Waals surface area (Å²) in [6.07, 6.45) is 3.26. The summed E-state index contributed by atoms with van der Waals surface area (Å²) in [5, 5.41) is 9.27. The Labute approximate surface area is 103 Å². The normalized spacial score (nSPS) is 19.4. The Kier molecular flexibility index (Phi) is 3.69. The fraction of sp³-hybridized carbons (Fsp3) is 0.571. The molecule has 0 saturated carbocycles. The van der Waals surface area contributed by atoms with Crippen LogP contribution >= 0.6 is 0 Å². The van der Waals surface area contributed by atoms with E-state index in [1.54, 1.807) is 0 Å². The lowest BCUT2D eigenvalue weighted by molar-refractivity contribution is 0.208. The van der Waals surface area contributed by atoms with Crippen LogP contribution in [-0.2, 0) is 6.42 Å². The van der Waals surface area contributed by atoms with Gasteiger partial charge in [0.2, 0.25) is 0 Å². The van der Waals surface area contributed by atoms with E-state index in [1.807, 2.05) is 13.0 Å². The SMILES string of the molecule is CC(N)(CO)Cc1ccccc1N1CCCC1. The first kappa shape index (κ1) is 12.4. The summed E-state index contributed by atoms with van der Waals surface area (Å²) in [6, 6.07) is 8.40. The van der Waals surface area contributed by atoms with Crippen LogP contribution in [0.3, 0.4) is 0 Å². The quantitative estimate of drug-likeness (QED) is 0.831. The molecule has 2 rings (SSSR count). The number of anilines is 1. The summed E-state index contributed by atoms with van der Waals surface area (Å²) in [4.78, 5) is 2.42. The van der Waals surface area contributed by atoms with Crippen molar-refractivity contribution in [1.82, 2.24) is 0 Å². The van der Waals surface area contributed by atoms with E-state index in [9.17, 15) is 5.11 Å². The predicted octanol–water partition coefficient (Wildman–Crippen LogP) is 1.54. The van der Waals surface area contributed by atoms with Crippen LogP contribution in [0.15, 0.2) is 24.3 Å². The molecule has 0 aromatic heterocycles. The van der Waals surface area contributed by atoms with Crippen LogP contribution in [0.2, 0.25) is 0 Å². The lowest BCUT2D eigenvalue weighted by Gasteiger charge is -2.26. The number of nitrogens with zero attached hydrogens (tertiary/aromatic N) is 1. The molecule has 3 heteroatoms. The van der Waals surface area contributed by atoms with Crippen molar-refractivity contribution in [3.63, 3.8) is 0 Å². The molecular formula is C14H22N2O. The molecule has 0 bridgehead atoms. The first-order chi connectivity index (χ1) is 8.12. The summed E-state index contributed by atoms with van der Waals surface area (Å²) in [5.41, 5.74) is 8.05. The third-order valence-electron chi connectivity index (χ3n) is 3.39. The van der Waals surface area contributed by atoms with Crippen LogP contribution in [0.1, 0.15) is 25.3 Å². The molecule has 1 saturated heterocycles. The second-order valence-corrected chi connectivity index (χ2v) is 5.31. The topological polar surface area (TPSA) is 49.5 Å². The van der Waals surface area contributed by atoms with E-state index in [0.29, 0.717) is 0 Å². The number of nitrogens with two attached hydrogens (primary N) is 1. The number of para-hydroxylation sites is 1. The van der Waals surface area contributed by atoms with Gasteiger partial charge in [-0.05, 0) is 37.8 Å². The molecule has 17 heavy (non-hydrogen) atoms. The van der Waals surface area contributed by atoms with E-state index >= 15 is 0 Å².